The maximum Gasteiger partial charge on any atom is 0.287 e. The third kappa shape index (κ3) is 3.80. The van der Waals surface area contributed by atoms with Gasteiger partial charge in [-0.3, -0.25) is 9.59 Å². The Kier molecular flexibility index (Phi) is 5.29. The van der Waals surface area contributed by atoms with Crippen LogP contribution in [0.15, 0.2) is 22.8 Å². The Hall–Kier alpha value is -1.82. The average molecular weight is 360 g/mol. The number of nitrogens with one attached hydrogen (secondary N) is 2. The lowest BCUT2D eigenvalue weighted by molar-refractivity contribution is -0.954. The zero-order valence-electron chi connectivity index (χ0n) is 15.4. The van der Waals surface area contributed by atoms with Gasteiger partial charge in [-0.1, -0.05) is 0 Å². The van der Waals surface area contributed by atoms with Gasteiger partial charge in [0.25, 0.3) is 11.8 Å². The number of furan rings is 1. The van der Waals surface area contributed by atoms with E-state index in [1.807, 2.05) is 0 Å². The first-order valence-corrected chi connectivity index (χ1v) is 10.2. The van der Waals surface area contributed by atoms with Gasteiger partial charge in [0.2, 0.25) is 0 Å². The fourth-order valence-electron chi connectivity index (χ4n) is 5.14. The highest BCUT2D eigenvalue weighted by atomic mass is 16.3. The van der Waals surface area contributed by atoms with Gasteiger partial charge in [-0.15, -0.1) is 0 Å². The molecule has 3 fully saturated rings. The topological polar surface area (TPSA) is 67.0 Å². The fourth-order valence-corrected chi connectivity index (χ4v) is 5.14. The van der Waals surface area contributed by atoms with E-state index in [9.17, 15) is 9.59 Å². The lowest BCUT2D eigenvalue weighted by Gasteiger charge is -2.46. The largest absolute Gasteiger partial charge is 0.459 e. The van der Waals surface area contributed by atoms with Crippen molar-refractivity contribution in [3.8, 4) is 0 Å². The lowest BCUT2D eigenvalue weighted by Crippen LogP contribution is -3.22. The number of piperidine rings is 3. The number of nitrogens with zero attached hydrogens (tertiary/aromatic N) is 1. The van der Waals surface area contributed by atoms with Gasteiger partial charge < -0.3 is 19.5 Å². The van der Waals surface area contributed by atoms with E-state index in [1.165, 1.54) is 24.0 Å². The van der Waals surface area contributed by atoms with Gasteiger partial charge in [-0.25, -0.2) is 0 Å². The molecule has 3 aliphatic heterocycles. The summed E-state index contributed by atoms with van der Waals surface area (Å²) in [5, 5.41) is 3.15. The summed E-state index contributed by atoms with van der Waals surface area (Å²) < 4.78 is 5.20. The van der Waals surface area contributed by atoms with Crippen LogP contribution in [-0.4, -0.2) is 54.5 Å². The molecule has 0 spiro atoms. The van der Waals surface area contributed by atoms with E-state index in [4.69, 9.17) is 4.42 Å². The Bertz CT molecular complexity index is 610. The summed E-state index contributed by atoms with van der Waals surface area (Å²) in [6.45, 7) is 2.50. The molecular formula is C20H30N3O3+. The molecule has 4 rings (SSSR count). The number of fused-ring (bicyclic) bond motifs is 2. The number of hydrogen-bond acceptors (Lipinski definition) is 3. The zero-order valence-corrected chi connectivity index (χ0v) is 15.4. The second kappa shape index (κ2) is 7.82. The zero-order chi connectivity index (χ0) is 17.9. The first kappa shape index (κ1) is 17.6. The van der Waals surface area contributed by atoms with Crippen molar-refractivity contribution in [2.24, 2.45) is 0 Å². The standard InChI is InChI=1S/C20H29N3O3/c24-19(22-9-2-1-3-10-22)14-23-16-6-4-7-17(23)13-15(12-16)21-20(25)18-8-5-11-26-18/h5,8,11,15-17H,1-4,6-7,9-10,12-14H2,(H,21,25)/p+1/t15?,16-,17+. The minimum atomic E-state index is -0.120. The molecular weight excluding hydrogens is 330 g/mol. The van der Waals surface area contributed by atoms with Crippen molar-refractivity contribution in [2.75, 3.05) is 19.6 Å². The summed E-state index contributed by atoms with van der Waals surface area (Å²) in [5.74, 6) is 0.589. The fraction of sp³-hybridized carbons (Fsp3) is 0.700. The summed E-state index contributed by atoms with van der Waals surface area (Å²) in [6, 6.07) is 4.60. The summed E-state index contributed by atoms with van der Waals surface area (Å²) in [4.78, 5) is 28.6. The molecule has 4 heterocycles. The molecule has 2 bridgehead atoms. The molecule has 142 valence electrons. The van der Waals surface area contributed by atoms with Gasteiger partial charge in [-0.2, -0.15) is 0 Å². The molecule has 26 heavy (non-hydrogen) atoms. The summed E-state index contributed by atoms with van der Waals surface area (Å²) >= 11 is 0. The highest BCUT2D eigenvalue weighted by Gasteiger charge is 2.43. The third-order valence-corrected chi connectivity index (χ3v) is 6.44. The van der Waals surface area contributed by atoms with Crippen molar-refractivity contribution in [2.45, 2.75) is 69.5 Å². The Labute approximate surface area is 154 Å². The van der Waals surface area contributed by atoms with E-state index in [-0.39, 0.29) is 11.9 Å². The molecule has 0 aliphatic carbocycles. The monoisotopic (exact) mass is 360 g/mol. The Morgan fingerprint density at radius 1 is 1.12 bits per heavy atom. The molecule has 0 aromatic carbocycles. The van der Waals surface area contributed by atoms with Gasteiger partial charge in [0.15, 0.2) is 12.3 Å². The van der Waals surface area contributed by atoms with Crippen LogP contribution in [0.5, 0.6) is 0 Å². The maximum atomic E-state index is 12.7. The smallest absolute Gasteiger partial charge is 0.287 e. The molecule has 1 aromatic heterocycles. The number of carbonyl (C=O) groups is 2. The van der Waals surface area contributed by atoms with Crippen LogP contribution < -0.4 is 10.2 Å². The van der Waals surface area contributed by atoms with Crippen molar-refractivity contribution in [1.29, 1.82) is 0 Å². The normalized spacial score (nSPS) is 31.5. The number of likely N-dealkylation sites (tertiary alicyclic amines) is 1. The molecule has 0 radical (unpaired) electrons. The van der Waals surface area contributed by atoms with Crippen LogP contribution in [0.1, 0.15) is 61.9 Å². The average Bonchev–Trinajstić information content (AvgIpc) is 3.18. The van der Waals surface area contributed by atoms with Gasteiger partial charge in [0, 0.05) is 32.0 Å². The predicted octanol–water partition coefficient (Wildman–Crippen LogP) is 0.990. The molecule has 3 aliphatic rings. The van der Waals surface area contributed by atoms with Crippen LogP contribution in [0.2, 0.25) is 0 Å². The lowest BCUT2D eigenvalue weighted by atomic mass is 9.81. The van der Waals surface area contributed by atoms with Gasteiger partial charge in [0.05, 0.1) is 18.3 Å². The quantitative estimate of drug-likeness (QED) is 0.842. The van der Waals surface area contributed by atoms with Crippen LogP contribution >= 0.6 is 0 Å². The molecule has 2 N–H and O–H groups in total. The molecule has 6 heteroatoms. The summed E-state index contributed by atoms with van der Waals surface area (Å²) in [6.07, 6.45) is 10.6. The van der Waals surface area contributed by atoms with E-state index in [1.54, 1.807) is 12.1 Å². The van der Waals surface area contributed by atoms with Crippen LogP contribution in [-0.2, 0) is 4.79 Å². The minimum Gasteiger partial charge on any atom is -0.459 e. The molecule has 2 unspecified atom stereocenters. The first-order valence-electron chi connectivity index (χ1n) is 10.2. The van der Waals surface area contributed by atoms with E-state index in [0.29, 0.717) is 30.3 Å². The second-order valence-electron chi connectivity index (χ2n) is 8.14. The van der Waals surface area contributed by atoms with E-state index in [2.05, 4.69) is 10.2 Å². The SMILES string of the molecule is O=C(NC1C[C@H]2CCC[C@@H](C1)[NH+]2CC(=O)N1CCCCC1)c1ccco1. The number of carbonyl (C=O) groups excluding carboxylic acids is 2. The summed E-state index contributed by atoms with van der Waals surface area (Å²) in [5.41, 5.74) is 0. The molecule has 1 aromatic rings. The highest BCUT2D eigenvalue weighted by Crippen LogP contribution is 2.22. The van der Waals surface area contributed by atoms with Crippen LogP contribution in [0.4, 0.5) is 0 Å². The molecule has 3 saturated heterocycles. The van der Waals surface area contributed by atoms with Crippen LogP contribution in [0, 0.1) is 0 Å². The van der Waals surface area contributed by atoms with E-state index in [0.717, 1.165) is 51.6 Å². The number of amides is 2. The Balaban J connectivity index is 1.35. The van der Waals surface area contributed by atoms with E-state index < -0.39 is 0 Å². The van der Waals surface area contributed by atoms with Gasteiger partial charge >= 0.3 is 0 Å². The second-order valence-corrected chi connectivity index (χ2v) is 8.14. The molecule has 6 nitrogen and oxygen atoms in total. The van der Waals surface area contributed by atoms with Crippen molar-refractivity contribution >= 4 is 11.8 Å². The summed E-state index contributed by atoms with van der Waals surface area (Å²) in [7, 11) is 0. The molecule has 4 atom stereocenters. The van der Waals surface area contributed by atoms with Crippen LogP contribution in [0.3, 0.4) is 0 Å². The van der Waals surface area contributed by atoms with Crippen molar-refractivity contribution in [3.05, 3.63) is 24.2 Å². The van der Waals surface area contributed by atoms with Crippen molar-refractivity contribution in [3.63, 3.8) is 0 Å². The van der Waals surface area contributed by atoms with E-state index >= 15 is 0 Å². The van der Waals surface area contributed by atoms with Gasteiger partial charge in [-0.05, 0) is 50.7 Å². The van der Waals surface area contributed by atoms with Crippen molar-refractivity contribution < 1.29 is 18.9 Å². The highest BCUT2D eigenvalue weighted by molar-refractivity contribution is 5.91. The number of quaternary nitrogens is 1. The third-order valence-electron chi connectivity index (χ3n) is 6.44. The minimum absolute atomic E-state index is 0.120. The Morgan fingerprint density at radius 2 is 1.85 bits per heavy atom. The first-order chi connectivity index (χ1) is 12.7. The Morgan fingerprint density at radius 3 is 2.50 bits per heavy atom. The number of hydrogen-bond donors (Lipinski definition) is 2. The predicted molar refractivity (Wildman–Crippen MR) is 96.9 cm³/mol. The van der Waals surface area contributed by atoms with Crippen LogP contribution in [0.25, 0.3) is 0 Å². The van der Waals surface area contributed by atoms with Gasteiger partial charge in [0.1, 0.15) is 0 Å². The number of rotatable bonds is 4. The maximum absolute atomic E-state index is 12.7. The molecule has 0 saturated carbocycles. The molecule has 2 amide bonds. The van der Waals surface area contributed by atoms with Crippen molar-refractivity contribution in [1.82, 2.24) is 10.2 Å².